The molecule has 0 aliphatic rings. The molecule has 13 heavy (non-hydrogen) atoms. The molecule has 2 heteroatoms. The van der Waals surface area contributed by atoms with Gasteiger partial charge in [-0.2, -0.15) is 0 Å². The Hall–Kier alpha value is -0.660. The fraction of sp³-hybridized carbons (Fsp3) is 0.818. The van der Waals surface area contributed by atoms with E-state index in [9.17, 15) is 0 Å². The molecule has 0 aliphatic heterocycles. The van der Waals surface area contributed by atoms with Crippen molar-refractivity contribution in [2.24, 2.45) is 9.98 Å². The highest BCUT2D eigenvalue weighted by Gasteiger charge is 1.91. The van der Waals surface area contributed by atoms with Gasteiger partial charge in [-0.1, -0.05) is 27.2 Å². The Balaban J connectivity index is 3.92. The maximum atomic E-state index is 4.47. The lowest BCUT2D eigenvalue weighted by Crippen LogP contribution is -2.01. The van der Waals surface area contributed by atoms with Crippen molar-refractivity contribution in [1.29, 1.82) is 0 Å². The molecule has 0 saturated heterocycles. The zero-order valence-electron chi connectivity index (χ0n) is 9.21. The monoisotopic (exact) mass is 182 g/mol. The Morgan fingerprint density at radius 3 is 2.23 bits per heavy atom. The third-order valence-corrected chi connectivity index (χ3v) is 1.64. The number of nitrogens with zero attached hydrogens (tertiary/aromatic N) is 2. The fourth-order valence-corrected chi connectivity index (χ4v) is 0.995. The molecule has 0 rings (SSSR count). The van der Waals surface area contributed by atoms with Gasteiger partial charge in [0.2, 0.25) is 0 Å². The first-order valence-corrected chi connectivity index (χ1v) is 5.38. The molecular weight excluding hydrogens is 160 g/mol. The second kappa shape index (κ2) is 9.43. The summed E-state index contributed by atoms with van der Waals surface area (Å²) in [7, 11) is 0. The maximum absolute atomic E-state index is 4.47. The van der Waals surface area contributed by atoms with Gasteiger partial charge in [0, 0.05) is 19.3 Å². The van der Waals surface area contributed by atoms with Crippen LogP contribution >= 0.6 is 0 Å². The van der Waals surface area contributed by atoms with Gasteiger partial charge in [-0.25, -0.2) is 0 Å². The van der Waals surface area contributed by atoms with Crippen molar-refractivity contribution in [3.8, 4) is 0 Å². The van der Waals surface area contributed by atoms with Crippen molar-refractivity contribution in [3.63, 3.8) is 0 Å². The van der Waals surface area contributed by atoms with Crippen molar-refractivity contribution in [3.05, 3.63) is 0 Å². The molecule has 0 bridgehead atoms. The molecule has 0 aliphatic carbocycles. The summed E-state index contributed by atoms with van der Waals surface area (Å²) in [6, 6.07) is 0. The summed E-state index contributed by atoms with van der Waals surface area (Å²) < 4.78 is 0. The van der Waals surface area contributed by atoms with Crippen molar-refractivity contribution in [2.45, 2.75) is 46.5 Å². The van der Waals surface area contributed by atoms with Crippen LogP contribution in [0.3, 0.4) is 0 Å². The maximum Gasteiger partial charge on any atom is 0.0526 e. The summed E-state index contributed by atoms with van der Waals surface area (Å²) >= 11 is 0. The van der Waals surface area contributed by atoms with Gasteiger partial charge in [-0.15, -0.1) is 0 Å². The summed E-state index contributed by atoms with van der Waals surface area (Å²) in [6.45, 7) is 8.33. The van der Waals surface area contributed by atoms with E-state index < -0.39 is 0 Å². The van der Waals surface area contributed by atoms with Crippen LogP contribution in [0.4, 0.5) is 0 Å². The van der Waals surface area contributed by atoms with Crippen LogP contribution < -0.4 is 0 Å². The third kappa shape index (κ3) is 7.69. The third-order valence-electron chi connectivity index (χ3n) is 1.64. The highest BCUT2D eigenvalue weighted by atomic mass is 14.8. The molecule has 0 amide bonds. The molecule has 0 radical (unpaired) electrons. The van der Waals surface area contributed by atoms with Crippen LogP contribution in [-0.2, 0) is 0 Å². The molecule has 0 N–H and O–H groups in total. The van der Waals surface area contributed by atoms with Crippen LogP contribution in [0, 0.1) is 0 Å². The summed E-state index contributed by atoms with van der Waals surface area (Å²) in [5, 5.41) is 0. The summed E-state index contributed by atoms with van der Waals surface area (Å²) in [5.41, 5.74) is 1.16. The van der Waals surface area contributed by atoms with Crippen molar-refractivity contribution < 1.29 is 0 Å². The van der Waals surface area contributed by atoms with Gasteiger partial charge in [0.1, 0.15) is 0 Å². The van der Waals surface area contributed by atoms with E-state index in [1.807, 2.05) is 6.21 Å². The van der Waals surface area contributed by atoms with Crippen LogP contribution in [0.1, 0.15) is 46.5 Å². The summed E-state index contributed by atoms with van der Waals surface area (Å²) in [6.07, 6.45) is 6.40. The highest BCUT2D eigenvalue weighted by Crippen LogP contribution is 1.92. The molecular formula is C11H22N2. The highest BCUT2D eigenvalue weighted by molar-refractivity contribution is 6.30. The van der Waals surface area contributed by atoms with E-state index in [0.717, 1.165) is 44.5 Å². The molecule has 0 aromatic rings. The van der Waals surface area contributed by atoms with Crippen LogP contribution in [0.5, 0.6) is 0 Å². The van der Waals surface area contributed by atoms with Gasteiger partial charge >= 0.3 is 0 Å². The van der Waals surface area contributed by atoms with E-state index in [1.165, 1.54) is 0 Å². The molecule has 0 spiro atoms. The minimum Gasteiger partial charge on any atom is -0.291 e. The Morgan fingerprint density at radius 1 is 1.00 bits per heavy atom. The van der Waals surface area contributed by atoms with Gasteiger partial charge in [0.05, 0.1) is 5.71 Å². The lowest BCUT2D eigenvalue weighted by Gasteiger charge is -1.97. The van der Waals surface area contributed by atoms with Crippen LogP contribution in [0.15, 0.2) is 9.98 Å². The lowest BCUT2D eigenvalue weighted by atomic mass is 10.2. The van der Waals surface area contributed by atoms with Gasteiger partial charge in [0.15, 0.2) is 0 Å². The van der Waals surface area contributed by atoms with E-state index in [1.54, 1.807) is 0 Å². The smallest absolute Gasteiger partial charge is 0.0526 e. The largest absolute Gasteiger partial charge is 0.291 e. The molecule has 0 unspecified atom stereocenters. The minimum atomic E-state index is 0.925. The number of rotatable bonds is 7. The van der Waals surface area contributed by atoms with Crippen LogP contribution in [0.2, 0.25) is 0 Å². The molecule has 76 valence electrons. The molecule has 0 aromatic carbocycles. The average molecular weight is 182 g/mol. The second-order valence-electron chi connectivity index (χ2n) is 3.16. The van der Waals surface area contributed by atoms with Gasteiger partial charge < -0.3 is 0 Å². The first-order chi connectivity index (χ1) is 6.35. The second-order valence-corrected chi connectivity index (χ2v) is 3.16. The first-order valence-electron chi connectivity index (χ1n) is 5.38. The van der Waals surface area contributed by atoms with E-state index >= 15 is 0 Å². The molecule has 0 fully saturated rings. The van der Waals surface area contributed by atoms with Crippen molar-refractivity contribution in [2.75, 3.05) is 13.1 Å². The zero-order valence-corrected chi connectivity index (χ0v) is 9.21. The average Bonchev–Trinajstić information content (AvgIpc) is 2.14. The predicted molar refractivity (Wildman–Crippen MR) is 61.2 cm³/mol. The first kappa shape index (κ1) is 12.3. The Labute approximate surface area is 82.2 Å². The van der Waals surface area contributed by atoms with E-state index in [-0.39, 0.29) is 0 Å². The molecule has 0 saturated carbocycles. The quantitative estimate of drug-likeness (QED) is 0.540. The van der Waals surface area contributed by atoms with Crippen LogP contribution in [0.25, 0.3) is 0 Å². The Morgan fingerprint density at radius 2 is 1.69 bits per heavy atom. The molecule has 2 nitrogen and oxygen atoms in total. The Bertz CT molecular complexity index is 159. The van der Waals surface area contributed by atoms with Gasteiger partial charge in [-0.3, -0.25) is 9.98 Å². The number of hydrogen-bond donors (Lipinski definition) is 0. The SMILES string of the molecule is CCCN=CC(CCC)=NCCC. The summed E-state index contributed by atoms with van der Waals surface area (Å²) in [4.78, 5) is 8.78. The Kier molecular flexibility index (Phi) is 8.95. The van der Waals surface area contributed by atoms with E-state index in [2.05, 4.69) is 30.8 Å². The van der Waals surface area contributed by atoms with E-state index in [0.29, 0.717) is 0 Å². The normalized spacial score (nSPS) is 12.7. The molecule has 0 aromatic heterocycles. The fourth-order valence-electron chi connectivity index (χ4n) is 0.995. The topological polar surface area (TPSA) is 24.7 Å². The van der Waals surface area contributed by atoms with E-state index in [4.69, 9.17) is 0 Å². The van der Waals surface area contributed by atoms with Gasteiger partial charge in [0.25, 0.3) is 0 Å². The number of hydrogen-bond acceptors (Lipinski definition) is 2. The van der Waals surface area contributed by atoms with Gasteiger partial charge in [-0.05, 0) is 19.3 Å². The zero-order chi connectivity index (χ0) is 9.94. The minimum absolute atomic E-state index is 0.925. The standard InChI is InChI=1S/C11H22N2/c1-4-7-11(13-9-6-3)10-12-8-5-2/h10H,4-9H2,1-3H3. The van der Waals surface area contributed by atoms with Crippen molar-refractivity contribution >= 4 is 11.9 Å². The molecule has 0 atom stereocenters. The van der Waals surface area contributed by atoms with Crippen LogP contribution in [-0.4, -0.2) is 25.0 Å². The lowest BCUT2D eigenvalue weighted by molar-refractivity contribution is 0.912. The van der Waals surface area contributed by atoms with Crippen molar-refractivity contribution in [1.82, 2.24) is 0 Å². The summed E-state index contributed by atoms with van der Waals surface area (Å²) in [5.74, 6) is 0. The predicted octanol–water partition coefficient (Wildman–Crippen LogP) is 3.12. The number of aliphatic imine (C=N–C) groups is 2. The molecule has 0 heterocycles.